The predicted molar refractivity (Wildman–Crippen MR) is 108 cm³/mol. The number of hydrogen-bond donors (Lipinski definition) is 1. The monoisotopic (exact) mass is 484 g/mol. The van der Waals surface area contributed by atoms with Crippen molar-refractivity contribution in [2.75, 3.05) is 6.61 Å². The highest BCUT2D eigenvalue weighted by molar-refractivity contribution is 9.11. The topological polar surface area (TPSA) is 60.5 Å². The van der Waals surface area contributed by atoms with Crippen LogP contribution >= 0.6 is 31.9 Å². The lowest BCUT2D eigenvalue weighted by Gasteiger charge is -2.24. The van der Waals surface area contributed by atoms with E-state index in [9.17, 15) is 4.79 Å². The van der Waals surface area contributed by atoms with E-state index in [4.69, 9.17) is 9.47 Å². The lowest BCUT2D eigenvalue weighted by atomic mass is 10.1. The van der Waals surface area contributed by atoms with Gasteiger partial charge in [0, 0.05) is 22.6 Å². The molecule has 0 fully saturated rings. The molecule has 0 saturated heterocycles. The van der Waals surface area contributed by atoms with E-state index in [1.807, 2.05) is 57.2 Å². The molecule has 0 bridgehead atoms. The van der Waals surface area contributed by atoms with E-state index in [1.54, 1.807) is 6.20 Å². The predicted octanol–water partition coefficient (Wildman–Crippen LogP) is 5.12. The van der Waals surface area contributed by atoms with E-state index >= 15 is 0 Å². The molecule has 1 atom stereocenters. The third-order valence-electron chi connectivity index (χ3n) is 3.24. The molecule has 0 unspecified atom stereocenters. The van der Waals surface area contributed by atoms with Crippen LogP contribution < -0.4 is 10.1 Å². The quantitative estimate of drug-likeness (QED) is 0.616. The van der Waals surface area contributed by atoms with Gasteiger partial charge in [0.2, 0.25) is 5.88 Å². The number of benzene rings is 1. The van der Waals surface area contributed by atoms with Gasteiger partial charge in [0.25, 0.3) is 0 Å². The van der Waals surface area contributed by atoms with Crippen LogP contribution in [0.25, 0.3) is 0 Å². The van der Waals surface area contributed by atoms with Gasteiger partial charge in [-0.1, -0.05) is 30.3 Å². The van der Waals surface area contributed by atoms with Gasteiger partial charge in [-0.15, -0.1) is 0 Å². The molecule has 0 aliphatic rings. The molecule has 1 aromatic carbocycles. The standard InChI is InChI=1S/C19H22Br2N2O3/c1-19(2,3)23-18(24)26-15(9-13-7-5-4-6-8-13)12-25-17-16(21)10-14(20)11-22-17/h4-8,10-11,15H,9,12H2,1-3H3,(H,23,24)/t15-/m0/s1. The van der Waals surface area contributed by atoms with Crippen LogP contribution in [0.4, 0.5) is 4.79 Å². The fourth-order valence-electron chi connectivity index (χ4n) is 2.18. The maximum absolute atomic E-state index is 12.2. The number of amides is 1. The van der Waals surface area contributed by atoms with Crippen LogP contribution in [-0.4, -0.2) is 29.3 Å². The van der Waals surface area contributed by atoms with Crippen molar-refractivity contribution in [3.8, 4) is 5.88 Å². The summed E-state index contributed by atoms with van der Waals surface area (Å²) < 4.78 is 12.9. The number of ether oxygens (including phenoxy) is 2. The number of carbonyl (C=O) groups is 1. The second kappa shape index (κ2) is 9.37. The van der Waals surface area contributed by atoms with Crippen LogP contribution in [0.3, 0.4) is 0 Å². The largest absolute Gasteiger partial charge is 0.473 e. The van der Waals surface area contributed by atoms with Crippen molar-refractivity contribution in [3.63, 3.8) is 0 Å². The summed E-state index contributed by atoms with van der Waals surface area (Å²) in [5.41, 5.74) is 0.693. The zero-order valence-electron chi connectivity index (χ0n) is 15.0. The molecule has 26 heavy (non-hydrogen) atoms. The number of pyridine rings is 1. The molecule has 0 radical (unpaired) electrons. The summed E-state index contributed by atoms with van der Waals surface area (Å²) >= 11 is 6.77. The second-order valence-electron chi connectivity index (χ2n) is 6.84. The number of carbonyl (C=O) groups excluding carboxylic acids is 1. The molecule has 5 nitrogen and oxygen atoms in total. The fraction of sp³-hybridized carbons (Fsp3) is 0.368. The molecule has 2 aromatic rings. The molecule has 2 rings (SSSR count). The van der Waals surface area contributed by atoms with E-state index < -0.39 is 12.2 Å². The number of hydrogen-bond acceptors (Lipinski definition) is 4. The molecule has 140 valence electrons. The molecule has 0 aliphatic heterocycles. The lowest BCUT2D eigenvalue weighted by Crippen LogP contribution is -2.43. The zero-order valence-corrected chi connectivity index (χ0v) is 18.1. The van der Waals surface area contributed by atoms with Crippen molar-refractivity contribution in [1.82, 2.24) is 10.3 Å². The number of rotatable bonds is 6. The summed E-state index contributed by atoms with van der Waals surface area (Å²) in [7, 11) is 0. The molecule has 0 aliphatic carbocycles. The third-order valence-corrected chi connectivity index (χ3v) is 4.24. The van der Waals surface area contributed by atoms with Gasteiger partial charge in [0.05, 0.1) is 4.47 Å². The van der Waals surface area contributed by atoms with Crippen LogP contribution in [0, 0.1) is 0 Å². The Balaban J connectivity index is 2.05. The first kappa shape index (κ1) is 20.7. The van der Waals surface area contributed by atoms with Crippen LogP contribution in [0.2, 0.25) is 0 Å². The van der Waals surface area contributed by atoms with Gasteiger partial charge >= 0.3 is 6.09 Å². The lowest BCUT2D eigenvalue weighted by molar-refractivity contribution is 0.0594. The average molecular weight is 486 g/mol. The minimum Gasteiger partial charge on any atom is -0.473 e. The first-order valence-corrected chi connectivity index (χ1v) is 9.78. The van der Waals surface area contributed by atoms with E-state index in [-0.39, 0.29) is 12.1 Å². The number of alkyl carbamates (subject to hydrolysis) is 1. The van der Waals surface area contributed by atoms with Gasteiger partial charge in [0.15, 0.2) is 0 Å². The van der Waals surface area contributed by atoms with Crippen LogP contribution in [0.15, 0.2) is 51.5 Å². The molecule has 1 amide bonds. The first-order chi connectivity index (χ1) is 12.2. The summed E-state index contributed by atoms with van der Waals surface area (Å²) in [4.78, 5) is 16.4. The Morgan fingerprint density at radius 3 is 2.54 bits per heavy atom. The Hall–Kier alpha value is -1.60. The highest BCUT2D eigenvalue weighted by Gasteiger charge is 2.21. The molecule has 0 saturated carbocycles. The van der Waals surface area contributed by atoms with Crippen molar-refractivity contribution >= 4 is 38.0 Å². The summed E-state index contributed by atoms with van der Waals surface area (Å²) in [6.07, 6.45) is 1.29. The maximum atomic E-state index is 12.2. The maximum Gasteiger partial charge on any atom is 0.407 e. The van der Waals surface area contributed by atoms with Crippen molar-refractivity contribution < 1.29 is 14.3 Å². The highest BCUT2D eigenvalue weighted by Crippen LogP contribution is 2.25. The zero-order chi connectivity index (χ0) is 19.2. The molecular formula is C19H22Br2N2O3. The minimum atomic E-state index is -0.468. The number of halogens is 2. The Bertz CT molecular complexity index is 733. The molecule has 0 spiro atoms. The summed E-state index contributed by atoms with van der Waals surface area (Å²) in [5.74, 6) is 0.450. The summed E-state index contributed by atoms with van der Waals surface area (Å²) in [6.45, 7) is 5.90. The van der Waals surface area contributed by atoms with Gasteiger partial charge < -0.3 is 14.8 Å². The van der Waals surface area contributed by atoms with Crippen LogP contribution in [0.5, 0.6) is 5.88 Å². The van der Waals surface area contributed by atoms with E-state index in [0.717, 1.165) is 14.5 Å². The first-order valence-electron chi connectivity index (χ1n) is 8.19. The van der Waals surface area contributed by atoms with Crippen LogP contribution in [0.1, 0.15) is 26.3 Å². The van der Waals surface area contributed by atoms with Crippen molar-refractivity contribution in [2.45, 2.75) is 38.8 Å². The summed E-state index contributed by atoms with van der Waals surface area (Å²) in [6, 6.07) is 11.7. The van der Waals surface area contributed by atoms with Gasteiger partial charge in [-0.05, 0) is 64.3 Å². The molecule has 7 heteroatoms. The SMILES string of the molecule is CC(C)(C)NC(=O)O[C@H](COc1ncc(Br)cc1Br)Cc1ccccc1. The van der Waals surface area contributed by atoms with Gasteiger partial charge in [-0.3, -0.25) is 0 Å². The molecule has 1 heterocycles. The third kappa shape index (κ3) is 7.33. The van der Waals surface area contributed by atoms with Gasteiger partial charge in [-0.25, -0.2) is 9.78 Å². The van der Waals surface area contributed by atoms with E-state index in [0.29, 0.717) is 12.3 Å². The Morgan fingerprint density at radius 2 is 1.92 bits per heavy atom. The van der Waals surface area contributed by atoms with E-state index in [2.05, 4.69) is 42.2 Å². The van der Waals surface area contributed by atoms with Gasteiger partial charge in [0.1, 0.15) is 12.7 Å². The van der Waals surface area contributed by atoms with Crippen LogP contribution in [-0.2, 0) is 11.2 Å². The number of aromatic nitrogens is 1. The van der Waals surface area contributed by atoms with Crippen molar-refractivity contribution in [1.29, 1.82) is 0 Å². The Kier molecular flexibility index (Phi) is 7.46. The average Bonchev–Trinajstić information content (AvgIpc) is 2.53. The molecular weight excluding hydrogens is 464 g/mol. The highest BCUT2D eigenvalue weighted by atomic mass is 79.9. The normalized spacial score (nSPS) is 12.3. The summed E-state index contributed by atoms with van der Waals surface area (Å²) in [5, 5.41) is 2.80. The number of nitrogens with zero attached hydrogens (tertiary/aromatic N) is 1. The molecule has 1 aromatic heterocycles. The van der Waals surface area contributed by atoms with Gasteiger partial charge in [-0.2, -0.15) is 0 Å². The fourth-order valence-corrected chi connectivity index (χ4v) is 3.28. The smallest absolute Gasteiger partial charge is 0.407 e. The van der Waals surface area contributed by atoms with Crippen molar-refractivity contribution in [2.24, 2.45) is 0 Å². The molecule has 1 N–H and O–H groups in total. The minimum absolute atomic E-state index is 0.194. The van der Waals surface area contributed by atoms with E-state index in [1.165, 1.54) is 0 Å². The second-order valence-corrected chi connectivity index (χ2v) is 8.61. The van der Waals surface area contributed by atoms with Crippen molar-refractivity contribution in [3.05, 3.63) is 57.1 Å². The Labute approximate surface area is 170 Å². The number of nitrogens with one attached hydrogen (secondary N) is 1. The Morgan fingerprint density at radius 1 is 1.23 bits per heavy atom.